The summed E-state index contributed by atoms with van der Waals surface area (Å²) in [6, 6.07) is 3.59. The third-order valence-electron chi connectivity index (χ3n) is 2.90. The van der Waals surface area contributed by atoms with Gasteiger partial charge in [0.1, 0.15) is 12.2 Å². The van der Waals surface area contributed by atoms with Crippen molar-refractivity contribution >= 4 is 23.3 Å². The summed E-state index contributed by atoms with van der Waals surface area (Å²) in [5, 5.41) is 22.5. The molecule has 0 aromatic heterocycles. The molecule has 1 aromatic carbocycles. The van der Waals surface area contributed by atoms with E-state index in [2.05, 4.69) is 5.32 Å². The van der Waals surface area contributed by atoms with Crippen LogP contribution in [0, 0.1) is 10.1 Å². The average molecular weight is 295 g/mol. The van der Waals surface area contributed by atoms with E-state index in [0.717, 1.165) is 0 Å². The number of nitro benzene ring substituents is 1. The lowest BCUT2D eigenvalue weighted by atomic mass is 10.1. The lowest BCUT2D eigenvalue weighted by molar-refractivity contribution is -0.384. The van der Waals surface area contributed by atoms with Gasteiger partial charge in [0, 0.05) is 24.7 Å². The number of carboxylic acid groups (broad SMARTS) is 1. The largest absolute Gasteiger partial charge is 0.480 e. The first kappa shape index (κ1) is 16.4. The summed E-state index contributed by atoms with van der Waals surface area (Å²) in [4.78, 5) is 34.5. The van der Waals surface area contributed by atoms with Crippen molar-refractivity contribution in [2.75, 3.05) is 18.5 Å². The van der Waals surface area contributed by atoms with Crippen LogP contribution < -0.4 is 10.2 Å². The summed E-state index contributed by atoms with van der Waals surface area (Å²) in [5.74, 6) is -1.51. The van der Waals surface area contributed by atoms with Gasteiger partial charge in [0.05, 0.1) is 4.92 Å². The molecule has 8 nitrogen and oxygen atoms in total. The third kappa shape index (κ3) is 3.91. The number of rotatable bonds is 6. The van der Waals surface area contributed by atoms with E-state index in [-0.39, 0.29) is 23.0 Å². The molecule has 0 radical (unpaired) electrons. The number of carboxylic acids is 1. The minimum Gasteiger partial charge on any atom is -0.480 e. The number of hydrogen-bond donors (Lipinski definition) is 2. The quantitative estimate of drug-likeness (QED) is 0.603. The zero-order valence-electron chi connectivity index (χ0n) is 12.0. The molecule has 0 spiro atoms. The van der Waals surface area contributed by atoms with Gasteiger partial charge in [-0.1, -0.05) is 0 Å². The minimum atomic E-state index is -1.11. The minimum absolute atomic E-state index is 0.110. The topological polar surface area (TPSA) is 113 Å². The molecule has 0 saturated heterocycles. The Balaban J connectivity index is 3.42. The standard InChI is InChI=1S/C13H17N3O5/c1-8(2)15(7-12(17)18)11-6-9(13(19)14-3)4-5-10(11)16(20)21/h4-6,8H,7H2,1-3H3,(H,14,19)(H,17,18). The van der Waals surface area contributed by atoms with Crippen molar-refractivity contribution in [1.29, 1.82) is 0 Å². The molecule has 0 aliphatic rings. The number of benzene rings is 1. The molecule has 2 N–H and O–H groups in total. The Hall–Kier alpha value is -2.64. The van der Waals surface area contributed by atoms with Crippen molar-refractivity contribution in [1.82, 2.24) is 5.32 Å². The van der Waals surface area contributed by atoms with Gasteiger partial charge in [-0.3, -0.25) is 19.7 Å². The van der Waals surface area contributed by atoms with Gasteiger partial charge < -0.3 is 15.3 Å². The molecular weight excluding hydrogens is 278 g/mol. The van der Waals surface area contributed by atoms with Crippen molar-refractivity contribution < 1.29 is 19.6 Å². The first-order valence-corrected chi connectivity index (χ1v) is 6.26. The summed E-state index contributed by atoms with van der Waals surface area (Å²) in [6.45, 7) is 3.05. The predicted octanol–water partition coefficient (Wildman–Crippen LogP) is 1.25. The smallest absolute Gasteiger partial charge is 0.323 e. The number of carbonyl (C=O) groups is 2. The van der Waals surface area contributed by atoms with E-state index in [1.807, 2.05) is 0 Å². The van der Waals surface area contributed by atoms with Gasteiger partial charge in [-0.05, 0) is 26.0 Å². The van der Waals surface area contributed by atoms with Crippen LogP contribution >= 0.6 is 0 Å². The van der Waals surface area contributed by atoms with Crippen molar-refractivity contribution in [3.8, 4) is 0 Å². The van der Waals surface area contributed by atoms with E-state index in [1.165, 1.54) is 30.1 Å². The van der Waals surface area contributed by atoms with Crippen molar-refractivity contribution in [2.24, 2.45) is 0 Å². The summed E-state index contributed by atoms with van der Waals surface area (Å²) in [6.07, 6.45) is 0. The molecule has 0 bridgehead atoms. The highest BCUT2D eigenvalue weighted by atomic mass is 16.6. The average Bonchev–Trinajstić information content (AvgIpc) is 2.42. The maximum atomic E-state index is 11.6. The molecule has 0 heterocycles. The Morgan fingerprint density at radius 3 is 2.48 bits per heavy atom. The number of nitrogens with one attached hydrogen (secondary N) is 1. The van der Waals surface area contributed by atoms with Crippen molar-refractivity contribution in [2.45, 2.75) is 19.9 Å². The van der Waals surface area contributed by atoms with Crippen LogP contribution in [-0.4, -0.2) is 41.5 Å². The second-order valence-corrected chi connectivity index (χ2v) is 4.66. The van der Waals surface area contributed by atoms with Crippen LogP contribution in [0.25, 0.3) is 0 Å². The highest BCUT2D eigenvalue weighted by Gasteiger charge is 2.24. The first-order valence-electron chi connectivity index (χ1n) is 6.26. The van der Waals surface area contributed by atoms with Gasteiger partial charge in [-0.25, -0.2) is 0 Å². The van der Waals surface area contributed by atoms with Gasteiger partial charge in [0.25, 0.3) is 11.6 Å². The summed E-state index contributed by atoms with van der Waals surface area (Å²) < 4.78 is 0. The van der Waals surface area contributed by atoms with Gasteiger partial charge in [-0.15, -0.1) is 0 Å². The molecule has 1 amide bonds. The maximum absolute atomic E-state index is 11.6. The van der Waals surface area contributed by atoms with Crippen molar-refractivity contribution in [3.63, 3.8) is 0 Å². The number of nitro groups is 1. The normalized spacial score (nSPS) is 10.3. The van der Waals surface area contributed by atoms with E-state index in [0.29, 0.717) is 0 Å². The van der Waals surface area contributed by atoms with Crippen LogP contribution in [0.1, 0.15) is 24.2 Å². The Morgan fingerprint density at radius 1 is 1.43 bits per heavy atom. The van der Waals surface area contributed by atoms with Gasteiger partial charge in [0.15, 0.2) is 0 Å². The molecular formula is C13H17N3O5. The molecule has 21 heavy (non-hydrogen) atoms. The molecule has 0 aliphatic heterocycles. The number of anilines is 1. The number of nitrogens with zero attached hydrogens (tertiary/aromatic N) is 2. The first-order chi connectivity index (χ1) is 9.77. The zero-order chi connectivity index (χ0) is 16.2. The fourth-order valence-electron chi connectivity index (χ4n) is 1.89. The molecule has 0 saturated carbocycles. The molecule has 0 fully saturated rings. The molecule has 8 heteroatoms. The molecule has 1 rings (SSSR count). The fourth-order valence-corrected chi connectivity index (χ4v) is 1.89. The van der Waals surface area contributed by atoms with Crippen LogP contribution in [0.2, 0.25) is 0 Å². The Kier molecular flexibility index (Phi) is 5.23. The number of aliphatic carboxylic acids is 1. The van der Waals surface area contributed by atoms with Gasteiger partial charge in [-0.2, -0.15) is 0 Å². The molecule has 0 atom stereocenters. The molecule has 1 aromatic rings. The lowest BCUT2D eigenvalue weighted by Gasteiger charge is -2.27. The van der Waals surface area contributed by atoms with Gasteiger partial charge in [0.2, 0.25) is 0 Å². The second-order valence-electron chi connectivity index (χ2n) is 4.66. The Morgan fingerprint density at radius 2 is 2.05 bits per heavy atom. The summed E-state index contributed by atoms with van der Waals surface area (Å²) in [7, 11) is 1.45. The summed E-state index contributed by atoms with van der Waals surface area (Å²) in [5.41, 5.74) is 0.102. The fraction of sp³-hybridized carbons (Fsp3) is 0.385. The van der Waals surface area contributed by atoms with E-state index in [9.17, 15) is 19.7 Å². The van der Waals surface area contributed by atoms with Crippen LogP contribution in [0.5, 0.6) is 0 Å². The second kappa shape index (κ2) is 6.69. The van der Waals surface area contributed by atoms with E-state index in [4.69, 9.17) is 5.11 Å². The van der Waals surface area contributed by atoms with Crippen molar-refractivity contribution in [3.05, 3.63) is 33.9 Å². The number of carbonyl (C=O) groups excluding carboxylic acids is 1. The predicted molar refractivity (Wildman–Crippen MR) is 76.6 cm³/mol. The molecule has 114 valence electrons. The van der Waals surface area contributed by atoms with Crippen LogP contribution in [0.4, 0.5) is 11.4 Å². The van der Waals surface area contributed by atoms with E-state index < -0.39 is 23.3 Å². The molecule has 0 unspecified atom stereocenters. The maximum Gasteiger partial charge on any atom is 0.323 e. The Labute approximate surface area is 121 Å². The molecule has 0 aliphatic carbocycles. The Bertz CT molecular complexity index is 571. The van der Waals surface area contributed by atoms with E-state index in [1.54, 1.807) is 13.8 Å². The van der Waals surface area contributed by atoms with Crippen LogP contribution in [0.15, 0.2) is 18.2 Å². The zero-order valence-corrected chi connectivity index (χ0v) is 12.0. The van der Waals surface area contributed by atoms with Gasteiger partial charge >= 0.3 is 5.97 Å². The van der Waals surface area contributed by atoms with Crippen LogP contribution in [-0.2, 0) is 4.79 Å². The number of hydrogen-bond acceptors (Lipinski definition) is 5. The number of amides is 1. The lowest BCUT2D eigenvalue weighted by Crippen LogP contribution is -2.36. The monoisotopic (exact) mass is 295 g/mol. The highest BCUT2D eigenvalue weighted by Crippen LogP contribution is 2.30. The van der Waals surface area contributed by atoms with Crippen LogP contribution in [0.3, 0.4) is 0 Å². The highest BCUT2D eigenvalue weighted by molar-refractivity contribution is 5.96. The van der Waals surface area contributed by atoms with E-state index >= 15 is 0 Å². The summed E-state index contributed by atoms with van der Waals surface area (Å²) >= 11 is 0. The SMILES string of the molecule is CNC(=O)c1ccc([N+](=O)[O-])c(N(CC(=O)O)C(C)C)c1. The third-order valence-corrected chi connectivity index (χ3v) is 2.90.